The zero-order chi connectivity index (χ0) is 18.9. The van der Waals surface area contributed by atoms with Crippen molar-refractivity contribution in [3.63, 3.8) is 0 Å². The van der Waals surface area contributed by atoms with Gasteiger partial charge >= 0.3 is 11.9 Å². The first kappa shape index (κ1) is 18.9. The number of carbonyl (C=O) groups excluding carboxylic acids is 1. The first-order chi connectivity index (χ1) is 12.3. The van der Waals surface area contributed by atoms with E-state index in [-0.39, 0.29) is 24.1 Å². The second kappa shape index (κ2) is 7.39. The van der Waals surface area contributed by atoms with Crippen LogP contribution in [0.1, 0.15) is 44.7 Å². The van der Waals surface area contributed by atoms with Crippen LogP contribution in [0.25, 0.3) is 0 Å². The van der Waals surface area contributed by atoms with Gasteiger partial charge in [-0.15, -0.1) is 0 Å². The summed E-state index contributed by atoms with van der Waals surface area (Å²) in [5.41, 5.74) is 1.45. The van der Waals surface area contributed by atoms with Crippen molar-refractivity contribution in [3.8, 4) is 0 Å². The van der Waals surface area contributed by atoms with E-state index in [4.69, 9.17) is 9.47 Å². The molecular formula is C21H28O5. The molecule has 1 aromatic rings. The van der Waals surface area contributed by atoms with Gasteiger partial charge < -0.3 is 14.6 Å². The molecule has 142 valence electrons. The quantitative estimate of drug-likeness (QED) is 0.756. The smallest absolute Gasteiger partial charge is 0.309 e. The topological polar surface area (TPSA) is 72.8 Å². The van der Waals surface area contributed by atoms with Gasteiger partial charge in [0, 0.05) is 12.8 Å². The standard InChI is InChI=1S/C21H28O5/c1-13(22)25-12-17-16(18-8-9-19(17)26-18)10-14-6-4-5-7-15(14)11-21(2,3)20(23)24/h4-7,16-19H,8-12H2,1-3H3,(H,23,24)/t16-,17+,18+,19-/m1/s1. The van der Waals surface area contributed by atoms with E-state index in [0.29, 0.717) is 18.9 Å². The molecule has 2 fully saturated rings. The van der Waals surface area contributed by atoms with Crippen LogP contribution >= 0.6 is 0 Å². The van der Waals surface area contributed by atoms with Crippen LogP contribution in [0.15, 0.2) is 24.3 Å². The summed E-state index contributed by atoms with van der Waals surface area (Å²) < 4.78 is 11.4. The minimum Gasteiger partial charge on any atom is -0.481 e. The van der Waals surface area contributed by atoms with Gasteiger partial charge in [0.1, 0.15) is 0 Å². The molecule has 2 aliphatic heterocycles. The van der Waals surface area contributed by atoms with Crippen molar-refractivity contribution in [2.24, 2.45) is 17.3 Å². The van der Waals surface area contributed by atoms with E-state index in [1.165, 1.54) is 12.5 Å². The van der Waals surface area contributed by atoms with Crippen LogP contribution < -0.4 is 0 Å². The number of aliphatic carboxylic acids is 1. The molecule has 5 heteroatoms. The molecule has 4 atom stereocenters. The van der Waals surface area contributed by atoms with Crippen molar-refractivity contribution in [1.82, 2.24) is 0 Å². The summed E-state index contributed by atoms with van der Waals surface area (Å²) in [4.78, 5) is 22.7. The largest absolute Gasteiger partial charge is 0.481 e. The fourth-order valence-corrected chi connectivity index (χ4v) is 4.33. The SMILES string of the molecule is CC(=O)OC[C@H]1[C@@H](Cc2ccccc2CC(C)(C)C(=O)O)[C@@H]2CC[C@H]1O2. The summed E-state index contributed by atoms with van der Waals surface area (Å²) in [6, 6.07) is 8.07. The Labute approximate surface area is 154 Å². The van der Waals surface area contributed by atoms with Gasteiger partial charge in [-0.05, 0) is 56.6 Å². The van der Waals surface area contributed by atoms with Gasteiger partial charge in [0.15, 0.2) is 0 Å². The van der Waals surface area contributed by atoms with Crippen molar-refractivity contribution in [2.45, 2.75) is 58.7 Å². The summed E-state index contributed by atoms with van der Waals surface area (Å²) in [6.07, 6.45) is 3.79. The number of hydrogen-bond acceptors (Lipinski definition) is 4. The highest BCUT2D eigenvalue weighted by Gasteiger charge is 2.49. The molecule has 1 aromatic carbocycles. The molecule has 1 N–H and O–H groups in total. The van der Waals surface area contributed by atoms with Gasteiger partial charge in [0.25, 0.3) is 0 Å². The lowest BCUT2D eigenvalue weighted by Crippen LogP contribution is -2.33. The number of esters is 1. The van der Waals surface area contributed by atoms with E-state index in [1.807, 2.05) is 18.2 Å². The summed E-state index contributed by atoms with van der Waals surface area (Å²) in [7, 11) is 0. The number of carboxylic acids is 1. The summed E-state index contributed by atoms with van der Waals surface area (Å²) >= 11 is 0. The van der Waals surface area contributed by atoms with Crippen LogP contribution in [0, 0.1) is 17.3 Å². The fraction of sp³-hybridized carbons (Fsp3) is 0.619. The average molecular weight is 360 g/mol. The maximum absolute atomic E-state index is 11.5. The lowest BCUT2D eigenvalue weighted by atomic mass is 9.75. The van der Waals surface area contributed by atoms with Gasteiger partial charge in [-0.2, -0.15) is 0 Å². The van der Waals surface area contributed by atoms with Gasteiger partial charge in [-0.3, -0.25) is 9.59 Å². The highest BCUT2D eigenvalue weighted by atomic mass is 16.5. The average Bonchev–Trinajstić information content (AvgIpc) is 3.16. The maximum Gasteiger partial charge on any atom is 0.309 e. The molecule has 0 aromatic heterocycles. The number of hydrogen-bond donors (Lipinski definition) is 1. The van der Waals surface area contributed by atoms with Gasteiger partial charge in [-0.25, -0.2) is 0 Å². The van der Waals surface area contributed by atoms with E-state index in [9.17, 15) is 14.7 Å². The molecular weight excluding hydrogens is 332 g/mol. The van der Waals surface area contributed by atoms with Crippen molar-refractivity contribution in [2.75, 3.05) is 6.61 Å². The molecule has 0 amide bonds. The molecule has 0 unspecified atom stereocenters. The first-order valence-corrected chi connectivity index (χ1v) is 9.37. The van der Waals surface area contributed by atoms with Gasteiger partial charge in [-0.1, -0.05) is 24.3 Å². The van der Waals surface area contributed by atoms with E-state index in [1.54, 1.807) is 13.8 Å². The molecule has 0 saturated carbocycles. The Kier molecular flexibility index (Phi) is 5.37. The van der Waals surface area contributed by atoms with E-state index >= 15 is 0 Å². The van der Waals surface area contributed by atoms with Crippen molar-refractivity contribution in [3.05, 3.63) is 35.4 Å². The first-order valence-electron chi connectivity index (χ1n) is 9.37. The number of carbonyl (C=O) groups is 2. The van der Waals surface area contributed by atoms with E-state index in [0.717, 1.165) is 24.8 Å². The van der Waals surface area contributed by atoms with Crippen LogP contribution in [-0.4, -0.2) is 35.9 Å². The van der Waals surface area contributed by atoms with Crippen LogP contribution in [-0.2, 0) is 31.9 Å². The molecule has 0 radical (unpaired) electrons. The lowest BCUT2D eigenvalue weighted by Gasteiger charge is -2.29. The second-order valence-corrected chi connectivity index (χ2v) is 8.26. The molecule has 2 heterocycles. The van der Waals surface area contributed by atoms with Crippen LogP contribution in [0.5, 0.6) is 0 Å². The molecule has 5 nitrogen and oxygen atoms in total. The predicted molar refractivity (Wildman–Crippen MR) is 96.8 cm³/mol. The Morgan fingerprint density at radius 1 is 1.15 bits per heavy atom. The monoisotopic (exact) mass is 360 g/mol. The molecule has 26 heavy (non-hydrogen) atoms. The van der Waals surface area contributed by atoms with E-state index in [2.05, 4.69) is 6.07 Å². The number of rotatable bonds is 7. The zero-order valence-corrected chi connectivity index (χ0v) is 15.7. The van der Waals surface area contributed by atoms with Gasteiger partial charge in [0.05, 0.1) is 24.2 Å². The van der Waals surface area contributed by atoms with Gasteiger partial charge in [0.2, 0.25) is 0 Å². The van der Waals surface area contributed by atoms with Crippen LogP contribution in [0.2, 0.25) is 0 Å². The molecule has 2 aliphatic rings. The van der Waals surface area contributed by atoms with Crippen molar-refractivity contribution in [1.29, 1.82) is 0 Å². The van der Waals surface area contributed by atoms with Crippen molar-refractivity contribution < 1.29 is 24.2 Å². The Hall–Kier alpha value is -1.88. The number of fused-ring (bicyclic) bond motifs is 2. The molecule has 2 saturated heterocycles. The molecule has 0 spiro atoms. The third-order valence-corrected chi connectivity index (χ3v) is 5.85. The molecule has 3 rings (SSSR count). The maximum atomic E-state index is 11.5. The second-order valence-electron chi connectivity index (χ2n) is 8.26. The Bertz CT molecular complexity index is 681. The number of carboxylic acid groups (broad SMARTS) is 1. The lowest BCUT2D eigenvalue weighted by molar-refractivity contribution is -0.147. The third kappa shape index (κ3) is 3.93. The Balaban J connectivity index is 1.77. The normalized spacial score (nSPS) is 27.5. The zero-order valence-electron chi connectivity index (χ0n) is 15.7. The summed E-state index contributed by atoms with van der Waals surface area (Å²) in [5.74, 6) is -0.515. The summed E-state index contributed by atoms with van der Waals surface area (Å²) in [6.45, 7) is 5.36. The highest BCUT2D eigenvalue weighted by Crippen LogP contribution is 2.45. The third-order valence-electron chi connectivity index (χ3n) is 5.85. The Morgan fingerprint density at radius 3 is 2.38 bits per heavy atom. The number of ether oxygens (including phenoxy) is 2. The van der Waals surface area contributed by atoms with Crippen LogP contribution in [0.3, 0.4) is 0 Å². The fourth-order valence-electron chi connectivity index (χ4n) is 4.33. The minimum atomic E-state index is -0.807. The van der Waals surface area contributed by atoms with E-state index < -0.39 is 11.4 Å². The highest BCUT2D eigenvalue weighted by molar-refractivity contribution is 5.74. The minimum absolute atomic E-state index is 0.173. The van der Waals surface area contributed by atoms with Crippen LogP contribution in [0.4, 0.5) is 0 Å². The van der Waals surface area contributed by atoms with Crippen molar-refractivity contribution >= 4 is 11.9 Å². The number of benzene rings is 1. The summed E-state index contributed by atoms with van der Waals surface area (Å²) in [5, 5.41) is 9.46. The molecule has 0 aliphatic carbocycles. The molecule has 2 bridgehead atoms. The predicted octanol–water partition coefficient (Wildman–Crippen LogP) is 3.24. The Morgan fingerprint density at radius 2 is 1.77 bits per heavy atom.